The minimum Gasteiger partial charge on any atom is -0.283 e. The van der Waals surface area contributed by atoms with Gasteiger partial charge in [0.2, 0.25) is 0 Å². The van der Waals surface area contributed by atoms with Crippen molar-refractivity contribution in [3.05, 3.63) is 71.8 Å². The van der Waals surface area contributed by atoms with Crippen molar-refractivity contribution in [3.8, 4) is 0 Å². The van der Waals surface area contributed by atoms with E-state index >= 15 is 0 Å². The van der Waals surface area contributed by atoms with E-state index in [-0.39, 0.29) is 17.1 Å². The van der Waals surface area contributed by atoms with Crippen molar-refractivity contribution < 1.29 is 0 Å². The molecule has 0 heterocycles. The van der Waals surface area contributed by atoms with Crippen LogP contribution < -0.4 is 0 Å². The average molecular weight is 295 g/mol. The maximum atomic E-state index is 2.62. The Bertz CT molecular complexity index is 519. The topological polar surface area (TPSA) is 3.24 Å². The number of rotatable bonds is 3. The first-order chi connectivity index (χ1) is 10.2. The van der Waals surface area contributed by atoms with Crippen LogP contribution >= 0.6 is 0 Å². The fourth-order valence-electron chi connectivity index (χ4n) is 3.54. The molecule has 0 aliphatic heterocycles. The molecule has 0 atom stereocenters. The van der Waals surface area contributed by atoms with Crippen molar-refractivity contribution in [3.63, 3.8) is 0 Å². The second kappa shape index (κ2) is 6.26. The summed E-state index contributed by atoms with van der Waals surface area (Å²) in [6.07, 6.45) is 0. The van der Waals surface area contributed by atoms with Gasteiger partial charge in [0, 0.05) is 11.1 Å². The molecule has 0 spiro atoms. The highest BCUT2D eigenvalue weighted by Crippen LogP contribution is 2.39. The first-order valence-corrected chi connectivity index (χ1v) is 8.10. The molecule has 0 saturated heterocycles. The zero-order chi connectivity index (χ0) is 16.4. The molecule has 2 aromatic carbocycles. The fourth-order valence-corrected chi connectivity index (χ4v) is 3.54. The molecular weight excluding hydrogens is 266 g/mol. The number of hydrogen-bond acceptors (Lipinski definition) is 1. The molecule has 2 aromatic rings. The van der Waals surface area contributed by atoms with Gasteiger partial charge in [0.05, 0.1) is 6.04 Å². The van der Waals surface area contributed by atoms with Gasteiger partial charge in [-0.25, -0.2) is 0 Å². The zero-order valence-corrected chi connectivity index (χ0v) is 14.8. The van der Waals surface area contributed by atoms with Gasteiger partial charge in [-0.15, -0.1) is 0 Å². The molecule has 1 nitrogen and oxygen atoms in total. The highest BCUT2D eigenvalue weighted by atomic mass is 15.3. The van der Waals surface area contributed by atoms with Gasteiger partial charge in [0.25, 0.3) is 0 Å². The molecule has 0 radical (unpaired) electrons. The maximum Gasteiger partial charge on any atom is 0.0610 e. The van der Waals surface area contributed by atoms with Crippen LogP contribution in [0.5, 0.6) is 0 Å². The standard InChI is InChI=1S/C21H29N/c1-20(2,3)22(21(4,5)6)19(17-13-9-7-10-14-17)18-15-11-8-12-16-18/h7-16,19H,1-6H3. The zero-order valence-electron chi connectivity index (χ0n) is 14.8. The molecule has 0 fully saturated rings. The lowest BCUT2D eigenvalue weighted by atomic mass is 9.87. The van der Waals surface area contributed by atoms with E-state index in [1.165, 1.54) is 11.1 Å². The molecule has 22 heavy (non-hydrogen) atoms. The summed E-state index contributed by atoms with van der Waals surface area (Å²) in [5.41, 5.74) is 2.82. The normalized spacial score (nSPS) is 12.9. The highest BCUT2D eigenvalue weighted by Gasteiger charge is 2.38. The van der Waals surface area contributed by atoms with Crippen molar-refractivity contribution in [1.82, 2.24) is 4.90 Å². The molecule has 0 bridgehead atoms. The van der Waals surface area contributed by atoms with Gasteiger partial charge in [-0.2, -0.15) is 0 Å². The fraction of sp³-hybridized carbons (Fsp3) is 0.429. The van der Waals surface area contributed by atoms with Gasteiger partial charge in [0.15, 0.2) is 0 Å². The largest absolute Gasteiger partial charge is 0.283 e. The van der Waals surface area contributed by atoms with Crippen LogP contribution in [0, 0.1) is 0 Å². The minimum atomic E-state index is 0.0641. The van der Waals surface area contributed by atoms with Crippen molar-refractivity contribution in [2.45, 2.75) is 58.7 Å². The molecular formula is C21H29N. The minimum absolute atomic E-state index is 0.0641. The number of hydrogen-bond donors (Lipinski definition) is 0. The van der Waals surface area contributed by atoms with Crippen LogP contribution in [-0.4, -0.2) is 16.0 Å². The summed E-state index contributed by atoms with van der Waals surface area (Å²) in [5.74, 6) is 0. The Morgan fingerprint density at radius 3 is 1.18 bits per heavy atom. The second-order valence-electron chi connectivity index (χ2n) is 7.94. The molecule has 0 aliphatic carbocycles. The molecule has 0 aromatic heterocycles. The van der Waals surface area contributed by atoms with Gasteiger partial charge in [-0.1, -0.05) is 60.7 Å². The smallest absolute Gasteiger partial charge is 0.0610 e. The third-order valence-electron chi connectivity index (χ3n) is 3.93. The van der Waals surface area contributed by atoms with Crippen molar-refractivity contribution in [1.29, 1.82) is 0 Å². The van der Waals surface area contributed by atoms with E-state index in [0.29, 0.717) is 0 Å². The van der Waals surface area contributed by atoms with Crippen molar-refractivity contribution in [2.75, 3.05) is 0 Å². The van der Waals surface area contributed by atoms with E-state index in [0.717, 1.165) is 0 Å². The summed E-state index contributed by atoms with van der Waals surface area (Å²) in [6, 6.07) is 21.9. The van der Waals surface area contributed by atoms with Crippen molar-refractivity contribution in [2.24, 2.45) is 0 Å². The molecule has 0 saturated carbocycles. The molecule has 0 amide bonds. The average Bonchev–Trinajstić information content (AvgIpc) is 2.44. The maximum absolute atomic E-state index is 2.62. The molecule has 0 N–H and O–H groups in total. The van der Waals surface area contributed by atoms with E-state index in [1.807, 2.05) is 0 Å². The summed E-state index contributed by atoms with van der Waals surface area (Å²) in [7, 11) is 0. The van der Waals surface area contributed by atoms with Crippen LogP contribution in [0.25, 0.3) is 0 Å². The lowest BCUT2D eigenvalue weighted by Crippen LogP contribution is -2.54. The Hall–Kier alpha value is -1.60. The number of nitrogens with zero attached hydrogens (tertiary/aromatic N) is 1. The van der Waals surface area contributed by atoms with Gasteiger partial charge < -0.3 is 0 Å². The van der Waals surface area contributed by atoms with E-state index in [1.54, 1.807) is 0 Å². The van der Waals surface area contributed by atoms with E-state index in [9.17, 15) is 0 Å². The van der Waals surface area contributed by atoms with E-state index in [2.05, 4.69) is 107 Å². The molecule has 118 valence electrons. The Morgan fingerprint density at radius 1 is 0.591 bits per heavy atom. The highest BCUT2D eigenvalue weighted by molar-refractivity contribution is 5.33. The third kappa shape index (κ3) is 3.78. The Balaban J connectivity index is 2.62. The van der Waals surface area contributed by atoms with Crippen LogP contribution in [0.2, 0.25) is 0 Å². The Morgan fingerprint density at radius 2 is 0.909 bits per heavy atom. The van der Waals surface area contributed by atoms with Gasteiger partial charge in [0.1, 0.15) is 0 Å². The Kier molecular flexibility index (Phi) is 4.77. The lowest BCUT2D eigenvalue weighted by molar-refractivity contribution is 0.00807. The molecule has 0 unspecified atom stereocenters. The second-order valence-corrected chi connectivity index (χ2v) is 7.94. The van der Waals surface area contributed by atoms with Gasteiger partial charge in [-0.05, 0) is 52.7 Å². The summed E-state index contributed by atoms with van der Waals surface area (Å²) in [5, 5.41) is 0. The molecule has 0 aliphatic rings. The first kappa shape index (κ1) is 16.8. The van der Waals surface area contributed by atoms with Crippen LogP contribution in [0.1, 0.15) is 58.7 Å². The van der Waals surface area contributed by atoms with Gasteiger partial charge in [-0.3, -0.25) is 4.90 Å². The summed E-state index contributed by atoms with van der Waals surface area (Å²) < 4.78 is 0. The summed E-state index contributed by atoms with van der Waals surface area (Å²) >= 11 is 0. The summed E-state index contributed by atoms with van der Waals surface area (Å²) in [6.45, 7) is 13.8. The van der Waals surface area contributed by atoms with E-state index < -0.39 is 0 Å². The van der Waals surface area contributed by atoms with Crippen molar-refractivity contribution >= 4 is 0 Å². The monoisotopic (exact) mass is 295 g/mol. The SMILES string of the molecule is CC(C)(C)N(C(c1ccccc1)c1ccccc1)C(C)(C)C. The van der Waals surface area contributed by atoms with Crippen LogP contribution in [0.3, 0.4) is 0 Å². The first-order valence-electron chi connectivity index (χ1n) is 8.10. The quantitative estimate of drug-likeness (QED) is 0.704. The van der Waals surface area contributed by atoms with E-state index in [4.69, 9.17) is 0 Å². The molecule has 1 heteroatoms. The van der Waals surface area contributed by atoms with Gasteiger partial charge >= 0.3 is 0 Å². The molecule has 2 rings (SSSR count). The van der Waals surface area contributed by atoms with Crippen LogP contribution in [0.4, 0.5) is 0 Å². The predicted octanol–water partition coefficient (Wildman–Crippen LogP) is 5.68. The Labute approximate surface area is 136 Å². The number of benzene rings is 2. The third-order valence-corrected chi connectivity index (χ3v) is 3.93. The van der Waals surface area contributed by atoms with Crippen LogP contribution in [0.15, 0.2) is 60.7 Å². The predicted molar refractivity (Wildman–Crippen MR) is 96.1 cm³/mol. The lowest BCUT2D eigenvalue weighted by Gasteiger charge is -2.50. The van der Waals surface area contributed by atoms with Crippen LogP contribution in [-0.2, 0) is 0 Å². The summed E-state index contributed by atoms with van der Waals surface area (Å²) in [4.78, 5) is 2.62.